The first kappa shape index (κ1) is 17.2. The van der Waals surface area contributed by atoms with Crippen molar-refractivity contribution in [3.05, 3.63) is 53.6 Å². The molecular formula is C20H25FN4O. The Hall–Kier alpha value is -2.21. The van der Waals surface area contributed by atoms with E-state index in [2.05, 4.69) is 10.00 Å². The lowest BCUT2D eigenvalue weighted by Gasteiger charge is -2.46. The topological polar surface area (TPSA) is 41.4 Å². The Morgan fingerprint density at radius 2 is 1.88 bits per heavy atom. The molecule has 0 N–H and O–H groups in total. The van der Waals surface area contributed by atoms with E-state index < -0.39 is 0 Å². The first-order valence-corrected chi connectivity index (χ1v) is 9.20. The van der Waals surface area contributed by atoms with Crippen LogP contribution in [0, 0.1) is 5.82 Å². The van der Waals surface area contributed by atoms with E-state index in [0.717, 1.165) is 43.6 Å². The van der Waals surface area contributed by atoms with Crippen LogP contribution in [0.5, 0.6) is 0 Å². The zero-order valence-electron chi connectivity index (χ0n) is 15.4. The maximum Gasteiger partial charge on any atom is 0.223 e. The van der Waals surface area contributed by atoms with Gasteiger partial charge in [-0.05, 0) is 36.1 Å². The van der Waals surface area contributed by atoms with Crippen LogP contribution in [0.25, 0.3) is 0 Å². The van der Waals surface area contributed by atoms with Crippen molar-refractivity contribution in [2.45, 2.75) is 37.3 Å². The van der Waals surface area contributed by atoms with Crippen molar-refractivity contribution in [1.29, 1.82) is 0 Å². The van der Waals surface area contributed by atoms with Crippen molar-refractivity contribution >= 4 is 5.91 Å². The van der Waals surface area contributed by atoms with Crippen LogP contribution < -0.4 is 0 Å². The molecule has 0 aliphatic carbocycles. The number of aromatic nitrogens is 2. The van der Waals surface area contributed by atoms with Gasteiger partial charge < -0.3 is 4.90 Å². The summed E-state index contributed by atoms with van der Waals surface area (Å²) >= 11 is 0. The molecule has 0 radical (unpaired) electrons. The molecule has 2 aromatic rings. The van der Waals surface area contributed by atoms with E-state index in [4.69, 9.17) is 0 Å². The summed E-state index contributed by atoms with van der Waals surface area (Å²) in [4.78, 5) is 16.9. The van der Waals surface area contributed by atoms with Gasteiger partial charge in [0.05, 0.1) is 11.7 Å². The minimum absolute atomic E-state index is 0.112. The molecule has 1 spiro atoms. The molecule has 2 aliphatic rings. The number of likely N-dealkylation sites (N-methyl/N-ethyl adjacent to an activating group) is 1. The average molecular weight is 356 g/mol. The number of nitrogens with zero attached hydrogens (tertiary/aromatic N) is 4. The van der Waals surface area contributed by atoms with Crippen LogP contribution in [0.3, 0.4) is 0 Å². The maximum absolute atomic E-state index is 13.1. The molecule has 1 aromatic carbocycles. The summed E-state index contributed by atoms with van der Waals surface area (Å²) in [5, 5.41) is 4.31. The standard InChI is InChI=1S/C20H25FN4O/c1-23-14-16(12-22-23)18-11-19(26)24(2)20(18)7-9-25(10-8-20)13-15-3-5-17(21)6-4-15/h3-6,12,14,18H,7-11,13H2,1-2H3/t18-/m0/s1. The van der Waals surface area contributed by atoms with Crippen LogP contribution >= 0.6 is 0 Å². The van der Waals surface area contributed by atoms with Gasteiger partial charge in [-0.25, -0.2) is 4.39 Å². The molecule has 26 heavy (non-hydrogen) atoms. The molecule has 0 bridgehead atoms. The molecular weight excluding hydrogens is 331 g/mol. The van der Waals surface area contributed by atoms with Gasteiger partial charge in [0.2, 0.25) is 5.91 Å². The highest BCUT2D eigenvalue weighted by Crippen LogP contribution is 2.48. The SMILES string of the molecule is CN1C(=O)C[C@@H](c2cnn(C)c2)C12CCN(Cc1ccc(F)cc1)CC2. The molecule has 6 heteroatoms. The van der Waals surface area contributed by atoms with Crippen LogP contribution in [0.15, 0.2) is 36.7 Å². The molecule has 0 unspecified atom stereocenters. The number of carbonyl (C=O) groups is 1. The Morgan fingerprint density at radius 3 is 2.50 bits per heavy atom. The number of aryl methyl sites for hydroxylation is 1. The van der Waals surface area contributed by atoms with Crippen molar-refractivity contribution in [2.75, 3.05) is 20.1 Å². The maximum atomic E-state index is 13.1. The third-order valence-corrected chi connectivity index (χ3v) is 6.24. The number of benzene rings is 1. The lowest BCUT2D eigenvalue weighted by molar-refractivity contribution is -0.130. The summed E-state index contributed by atoms with van der Waals surface area (Å²) < 4.78 is 14.9. The van der Waals surface area contributed by atoms with Gasteiger partial charge in [0.1, 0.15) is 5.82 Å². The van der Waals surface area contributed by atoms with Crippen molar-refractivity contribution in [3.8, 4) is 0 Å². The molecule has 1 amide bonds. The molecule has 1 atom stereocenters. The number of rotatable bonds is 3. The zero-order valence-corrected chi connectivity index (χ0v) is 15.4. The monoisotopic (exact) mass is 356 g/mol. The third kappa shape index (κ3) is 2.92. The van der Waals surface area contributed by atoms with E-state index in [-0.39, 0.29) is 23.2 Å². The van der Waals surface area contributed by atoms with Gasteiger partial charge in [-0.3, -0.25) is 14.4 Å². The Kier molecular flexibility index (Phi) is 4.31. The second kappa shape index (κ2) is 6.50. The fourth-order valence-electron chi connectivity index (χ4n) is 4.66. The summed E-state index contributed by atoms with van der Waals surface area (Å²) in [6.07, 6.45) is 6.43. The van der Waals surface area contributed by atoms with Gasteiger partial charge >= 0.3 is 0 Å². The van der Waals surface area contributed by atoms with Crippen LogP contribution in [-0.2, 0) is 18.4 Å². The normalized spacial score (nSPS) is 23.1. The van der Waals surface area contributed by atoms with Crippen molar-refractivity contribution in [3.63, 3.8) is 0 Å². The first-order valence-electron chi connectivity index (χ1n) is 9.20. The minimum Gasteiger partial charge on any atom is -0.339 e. The quantitative estimate of drug-likeness (QED) is 0.849. The Morgan fingerprint density at radius 1 is 1.19 bits per heavy atom. The fraction of sp³-hybridized carbons (Fsp3) is 0.500. The molecule has 4 rings (SSSR count). The van der Waals surface area contributed by atoms with E-state index in [1.54, 1.807) is 0 Å². The van der Waals surface area contributed by atoms with Gasteiger partial charge in [-0.1, -0.05) is 12.1 Å². The number of hydrogen-bond acceptors (Lipinski definition) is 3. The van der Waals surface area contributed by atoms with Crippen molar-refractivity contribution in [2.24, 2.45) is 7.05 Å². The molecule has 2 aliphatic heterocycles. The van der Waals surface area contributed by atoms with E-state index in [1.807, 2.05) is 48.2 Å². The minimum atomic E-state index is -0.197. The van der Waals surface area contributed by atoms with Crippen molar-refractivity contribution < 1.29 is 9.18 Å². The van der Waals surface area contributed by atoms with E-state index in [9.17, 15) is 9.18 Å². The fourth-order valence-corrected chi connectivity index (χ4v) is 4.66. The highest BCUT2D eigenvalue weighted by Gasteiger charge is 2.52. The zero-order chi connectivity index (χ0) is 18.3. The molecule has 2 fully saturated rings. The summed E-state index contributed by atoms with van der Waals surface area (Å²) in [7, 11) is 3.87. The van der Waals surface area contributed by atoms with Crippen molar-refractivity contribution in [1.82, 2.24) is 19.6 Å². The highest BCUT2D eigenvalue weighted by atomic mass is 19.1. The Labute approximate surface area is 153 Å². The second-order valence-corrected chi connectivity index (χ2v) is 7.66. The number of likely N-dealkylation sites (tertiary alicyclic amines) is 2. The van der Waals surface area contributed by atoms with Gasteiger partial charge in [0.25, 0.3) is 0 Å². The van der Waals surface area contributed by atoms with Crippen LogP contribution in [0.2, 0.25) is 0 Å². The average Bonchev–Trinajstić information content (AvgIpc) is 3.16. The Balaban J connectivity index is 1.50. The molecule has 5 nitrogen and oxygen atoms in total. The summed E-state index contributed by atoms with van der Waals surface area (Å²) in [6, 6.07) is 6.73. The highest BCUT2D eigenvalue weighted by molar-refractivity contribution is 5.81. The van der Waals surface area contributed by atoms with Gasteiger partial charge in [-0.15, -0.1) is 0 Å². The third-order valence-electron chi connectivity index (χ3n) is 6.24. The van der Waals surface area contributed by atoms with Crippen LogP contribution in [0.1, 0.15) is 36.3 Å². The smallest absolute Gasteiger partial charge is 0.223 e. The van der Waals surface area contributed by atoms with Gasteiger partial charge in [0.15, 0.2) is 0 Å². The lowest BCUT2D eigenvalue weighted by atomic mass is 9.74. The lowest BCUT2D eigenvalue weighted by Crippen LogP contribution is -2.53. The first-order chi connectivity index (χ1) is 12.5. The molecule has 3 heterocycles. The van der Waals surface area contributed by atoms with E-state index in [1.165, 1.54) is 12.1 Å². The Bertz CT molecular complexity index is 792. The number of amides is 1. The van der Waals surface area contributed by atoms with E-state index in [0.29, 0.717) is 6.42 Å². The molecule has 0 saturated carbocycles. The predicted octanol–water partition coefficient (Wildman–Crippen LogP) is 2.54. The second-order valence-electron chi connectivity index (χ2n) is 7.66. The number of piperidine rings is 1. The van der Waals surface area contributed by atoms with Gasteiger partial charge in [-0.2, -0.15) is 5.10 Å². The summed E-state index contributed by atoms with van der Waals surface area (Å²) in [5.74, 6) is 0.240. The number of hydrogen-bond donors (Lipinski definition) is 0. The largest absolute Gasteiger partial charge is 0.339 e. The number of halogens is 1. The van der Waals surface area contributed by atoms with E-state index >= 15 is 0 Å². The summed E-state index contributed by atoms with van der Waals surface area (Å²) in [5.41, 5.74) is 2.18. The van der Waals surface area contributed by atoms with Crippen LogP contribution in [0.4, 0.5) is 4.39 Å². The van der Waals surface area contributed by atoms with Gasteiger partial charge in [0, 0.05) is 52.3 Å². The predicted molar refractivity (Wildman–Crippen MR) is 97.0 cm³/mol. The molecule has 2 saturated heterocycles. The van der Waals surface area contributed by atoms with Crippen LogP contribution in [-0.4, -0.2) is 51.2 Å². The number of carbonyl (C=O) groups excluding carboxylic acids is 1. The molecule has 138 valence electrons. The molecule has 1 aromatic heterocycles. The summed E-state index contributed by atoms with van der Waals surface area (Å²) in [6.45, 7) is 2.70.